The Labute approximate surface area is 115 Å². The van der Waals surface area contributed by atoms with Crippen molar-refractivity contribution >= 4 is 17.3 Å². The third kappa shape index (κ3) is 4.47. The van der Waals surface area contributed by atoms with Crippen LogP contribution in [0.15, 0.2) is 18.2 Å². The number of carbonyl (C=O) groups is 1. The average Bonchev–Trinajstić information content (AvgIpc) is 2.16. The van der Waals surface area contributed by atoms with Crippen molar-refractivity contribution < 1.29 is 9.90 Å². The molecular weight excluding hydrogens is 240 g/mol. The maximum atomic E-state index is 11.1. The quantitative estimate of drug-likeness (QED) is 0.726. The Hall–Kier alpha value is -1.71. The number of benzene rings is 1. The highest BCUT2D eigenvalue weighted by atomic mass is 16.4. The summed E-state index contributed by atoms with van der Waals surface area (Å²) in [6, 6.07) is 5.03. The molecular formula is C15H24N2O2. The second-order valence-electron chi connectivity index (χ2n) is 6.82. The van der Waals surface area contributed by atoms with Crippen LogP contribution in [0.3, 0.4) is 0 Å². The van der Waals surface area contributed by atoms with Crippen molar-refractivity contribution in [1.82, 2.24) is 0 Å². The number of carboxylic acid groups (broad SMARTS) is 1. The molecule has 19 heavy (non-hydrogen) atoms. The Morgan fingerprint density at radius 2 is 1.84 bits per heavy atom. The highest BCUT2D eigenvalue weighted by Crippen LogP contribution is 2.32. The monoisotopic (exact) mass is 264 g/mol. The Kier molecular flexibility index (Phi) is 4.13. The summed E-state index contributed by atoms with van der Waals surface area (Å²) in [7, 11) is 0. The molecule has 0 saturated carbocycles. The number of nitrogens with two attached hydrogens (primary N) is 1. The molecule has 0 aliphatic heterocycles. The van der Waals surface area contributed by atoms with Gasteiger partial charge < -0.3 is 16.2 Å². The largest absolute Gasteiger partial charge is 0.478 e. The number of carboxylic acids is 1. The summed E-state index contributed by atoms with van der Waals surface area (Å²) in [5, 5.41) is 12.4. The fourth-order valence-corrected chi connectivity index (χ4v) is 2.60. The highest BCUT2D eigenvalue weighted by molar-refractivity contribution is 5.97. The normalized spacial score (nSPS) is 12.3. The van der Waals surface area contributed by atoms with Crippen LogP contribution in [0.2, 0.25) is 0 Å². The fraction of sp³-hybridized carbons (Fsp3) is 0.533. The second-order valence-corrected chi connectivity index (χ2v) is 6.82. The van der Waals surface area contributed by atoms with E-state index in [9.17, 15) is 4.79 Å². The van der Waals surface area contributed by atoms with Crippen molar-refractivity contribution in [3.05, 3.63) is 23.8 Å². The first-order chi connectivity index (χ1) is 8.52. The predicted octanol–water partition coefficient (Wildman–Crippen LogP) is 3.59. The fourth-order valence-electron chi connectivity index (χ4n) is 2.60. The van der Waals surface area contributed by atoms with Crippen LogP contribution in [-0.2, 0) is 0 Å². The first kappa shape index (κ1) is 15.3. The van der Waals surface area contributed by atoms with E-state index in [0.717, 1.165) is 6.42 Å². The van der Waals surface area contributed by atoms with Crippen molar-refractivity contribution in [2.45, 2.75) is 46.6 Å². The van der Waals surface area contributed by atoms with E-state index >= 15 is 0 Å². The van der Waals surface area contributed by atoms with Crippen molar-refractivity contribution in [3.8, 4) is 0 Å². The second kappa shape index (κ2) is 5.11. The molecule has 0 atom stereocenters. The molecule has 1 aromatic carbocycles. The number of para-hydroxylation sites is 1. The minimum absolute atomic E-state index is 0.136. The van der Waals surface area contributed by atoms with Crippen molar-refractivity contribution in [2.24, 2.45) is 5.41 Å². The van der Waals surface area contributed by atoms with Gasteiger partial charge in [0.15, 0.2) is 0 Å². The topological polar surface area (TPSA) is 75.3 Å². The first-order valence-corrected chi connectivity index (χ1v) is 6.42. The van der Waals surface area contributed by atoms with Gasteiger partial charge >= 0.3 is 5.97 Å². The van der Waals surface area contributed by atoms with Crippen molar-refractivity contribution in [1.29, 1.82) is 0 Å². The lowest BCUT2D eigenvalue weighted by molar-refractivity contribution is 0.0698. The maximum Gasteiger partial charge on any atom is 0.337 e. The molecule has 0 bridgehead atoms. The molecule has 1 rings (SSSR count). The Bertz CT molecular complexity index is 474. The highest BCUT2D eigenvalue weighted by Gasteiger charge is 2.26. The van der Waals surface area contributed by atoms with Gasteiger partial charge in [-0.05, 0) is 37.8 Å². The minimum Gasteiger partial charge on any atom is -0.478 e. The molecule has 0 saturated heterocycles. The van der Waals surface area contributed by atoms with Gasteiger partial charge in [-0.25, -0.2) is 4.79 Å². The zero-order valence-corrected chi connectivity index (χ0v) is 12.4. The summed E-state index contributed by atoms with van der Waals surface area (Å²) in [6.45, 7) is 10.7. The number of rotatable bonds is 4. The van der Waals surface area contributed by atoms with Crippen LogP contribution in [0.5, 0.6) is 0 Å². The smallest absolute Gasteiger partial charge is 0.337 e. The number of hydrogen-bond acceptors (Lipinski definition) is 3. The summed E-state index contributed by atoms with van der Waals surface area (Å²) >= 11 is 0. The van der Waals surface area contributed by atoms with Crippen LogP contribution in [-0.4, -0.2) is 16.6 Å². The van der Waals surface area contributed by atoms with Gasteiger partial charge in [0.1, 0.15) is 0 Å². The van der Waals surface area contributed by atoms with Gasteiger partial charge in [0.25, 0.3) is 0 Å². The molecule has 0 unspecified atom stereocenters. The van der Waals surface area contributed by atoms with E-state index in [1.807, 2.05) is 6.07 Å². The molecule has 4 N–H and O–H groups in total. The van der Waals surface area contributed by atoms with Gasteiger partial charge in [-0.2, -0.15) is 0 Å². The van der Waals surface area contributed by atoms with Gasteiger partial charge in [0.05, 0.1) is 16.9 Å². The lowest BCUT2D eigenvalue weighted by Crippen LogP contribution is -2.35. The first-order valence-electron chi connectivity index (χ1n) is 6.42. The van der Waals surface area contributed by atoms with Gasteiger partial charge in [-0.15, -0.1) is 0 Å². The van der Waals surface area contributed by atoms with Crippen LogP contribution < -0.4 is 11.1 Å². The van der Waals surface area contributed by atoms with Crippen LogP contribution in [0.4, 0.5) is 11.4 Å². The average molecular weight is 264 g/mol. The summed E-state index contributed by atoms with van der Waals surface area (Å²) in [5.74, 6) is -1.00. The summed E-state index contributed by atoms with van der Waals surface area (Å²) in [6.07, 6.45) is 0.941. The van der Waals surface area contributed by atoms with Gasteiger partial charge in [0, 0.05) is 5.54 Å². The molecule has 106 valence electrons. The van der Waals surface area contributed by atoms with E-state index in [-0.39, 0.29) is 22.2 Å². The molecule has 0 fully saturated rings. The van der Waals surface area contributed by atoms with Gasteiger partial charge in [0.2, 0.25) is 0 Å². The SMILES string of the molecule is CC(C)(C)CC(C)(C)Nc1cccc(C(=O)O)c1N. The third-order valence-electron chi connectivity index (χ3n) is 2.78. The Morgan fingerprint density at radius 1 is 1.26 bits per heavy atom. The summed E-state index contributed by atoms with van der Waals surface area (Å²) in [5.41, 5.74) is 7.02. The van der Waals surface area contributed by atoms with Gasteiger partial charge in [-0.1, -0.05) is 26.8 Å². The van der Waals surface area contributed by atoms with Crippen molar-refractivity contribution in [2.75, 3.05) is 11.1 Å². The third-order valence-corrected chi connectivity index (χ3v) is 2.78. The predicted molar refractivity (Wildman–Crippen MR) is 79.6 cm³/mol. The van der Waals surface area contributed by atoms with Crippen LogP contribution in [0.1, 0.15) is 51.4 Å². The zero-order chi connectivity index (χ0) is 14.8. The van der Waals surface area contributed by atoms with E-state index in [1.54, 1.807) is 6.07 Å². The molecule has 0 radical (unpaired) electrons. The molecule has 1 aromatic rings. The standard InChI is InChI=1S/C15H24N2O2/c1-14(2,3)9-15(4,5)17-11-8-6-7-10(12(11)16)13(18)19/h6-8,17H,9,16H2,1-5H3,(H,18,19). The van der Waals surface area contributed by atoms with Crippen LogP contribution in [0, 0.1) is 5.41 Å². The molecule has 0 aromatic heterocycles. The number of nitrogen functional groups attached to an aromatic ring is 1. The molecule has 4 nitrogen and oxygen atoms in total. The number of nitrogens with one attached hydrogen (secondary N) is 1. The summed E-state index contributed by atoms with van der Waals surface area (Å²) < 4.78 is 0. The molecule has 0 spiro atoms. The number of hydrogen-bond donors (Lipinski definition) is 3. The zero-order valence-electron chi connectivity index (χ0n) is 12.4. The van der Waals surface area contributed by atoms with E-state index in [1.165, 1.54) is 6.07 Å². The van der Waals surface area contributed by atoms with E-state index in [4.69, 9.17) is 10.8 Å². The van der Waals surface area contributed by atoms with Crippen LogP contribution in [0.25, 0.3) is 0 Å². The lowest BCUT2D eigenvalue weighted by atomic mass is 9.81. The Morgan fingerprint density at radius 3 is 2.32 bits per heavy atom. The molecule has 0 aliphatic carbocycles. The molecule has 0 heterocycles. The van der Waals surface area contributed by atoms with Crippen molar-refractivity contribution in [3.63, 3.8) is 0 Å². The van der Waals surface area contributed by atoms with Gasteiger partial charge in [-0.3, -0.25) is 0 Å². The molecule has 0 aliphatic rings. The lowest BCUT2D eigenvalue weighted by Gasteiger charge is -2.34. The number of aromatic carboxylic acids is 1. The van der Waals surface area contributed by atoms with E-state index < -0.39 is 5.97 Å². The van der Waals surface area contributed by atoms with Crippen LogP contribution >= 0.6 is 0 Å². The number of anilines is 2. The minimum atomic E-state index is -1.00. The molecule has 4 heteroatoms. The maximum absolute atomic E-state index is 11.1. The summed E-state index contributed by atoms with van der Waals surface area (Å²) in [4.78, 5) is 11.1. The van der Waals surface area contributed by atoms with E-state index in [0.29, 0.717) is 5.69 Å². The Balaban J connectivity index is 3.00. The molecule has 0 amide bonds. The van der Waals surface area contributed by atoms with E-state index in [2.05, 4.69) is 39.9 Å².